The lowest BCUT2D eigenvalue weighted by Gasteiger charge is -2.27. The number of aliphatic hydroxyl groups excluding tert-OH is 1. The molecule has 0 radical (unpaired) electrons. The molecule has 1 saturated heterocycles. The SMILES string of the molecule is O=C(NCCCC1CCCCC1O)c1cnnn1C1CCNCC1. The van der Waals surface area contributed by atoms with Gasteiger partial charge in [-0.1, -0.05) is 18.1 Å². The number of rotatable bonds is 6. The fourth-order valence-electron chi connectivity index (χ4n) is 3.91. The van der Waals surface area contributed by atoms with E-state index in [2.05, 4.69) is 20.9 Å². The van der Waals surface area contributed by atoms with Crippen LogP contribution in [0.4, 0.5) is 0 Å². The molecule has 1 aliphatic heterocycles. The third-order valence-electron chi connectivity index (χ3n) is 5.37. The van der Waals surface area contributed by atoms with Crippen molar-refractivity contribution in [1.29, 1.82) is 0 Å². The second kappa shape index (κ2) is 8.58. The summed E-state index contributed by atoms with van der Waals surface area (Å²) in [7, 11) is 0. The third kappa shape index (κ3) is 4.33. The summed E-state index contributed by atoms with van der Waals surface area (Å²) in [5.74, 6) is 0.306. The van der Waals surface area contributed by atoms with Crippen LogP contribution in [0, 0.1) is 5.92 Å². The van der Waals surface area contributed by atoms with E-state index in [1.807, 2.05) is 0 Å². The molecule has 2 heterocycles. The van der Waals surface area contributed by atoms with Crippen molar-refractivity contribution in [2.24, 2.45) is 5.92 Å². The fraction of sp³-hybridized carbons (Fsp3) is 0.824. The van der Waals surface area contributed by atoms with E-state index in [0.29, 0.717) is 18.2 Å². The van der Waals surface area contributed by atoms with Gasteiger partial charge >= 0.3 is 0 Å². The second-order valence-corrected chi connectivity index (χ2v) is 7.06. The molecule has 7 nitrogen and oxygen atoms in total. The number of aromatic nitrogens is 3. The van der Waals surface area contributed by atoms with Crippen LogP contribution in [-0.2, 0) is 0 Å². The van der Waals surface area contributed by atoms with Crippen LogP contribution in [-0.4, -0.2) is 51.7 Å². The number of carbonyl (C=O) groups excluding carboxylic acids is 1. The Morgan fingerprint density at radius 2 is 2.08 bits per heavy atom. The zero-order valence-corrected chi connectivity index (χ0v) is 14.3. The molecule has 2 atom stereocenters. The molecule has 2 unspecified atom stereocenters. The summed E-state index contributed by atoms with van der Waals surface area (Å²) in [6.45, 7) is 2.55. The largest absolute Gasteiger partial charge is 0.393 e. The Bertz CT molecular complexity index is 527. The highest BCUT2D eigenvalue weighted by molar-refractivity contribution is 5.92. The topological polar surface area (TPSA) is 92.1 Å². The summed E-state index contributed by atoms with van der Waals surface area (Å²) in [6, 6.07) is 0.256. The lowest BCUT2D eigenvalue weighted by molar-refractivity contribution is 0.0641. The van der Waals surface area contributed by atoms with Crippen LogP contribution in [0.1, 0.15) is 67.9 Å². The van der Waals surface area contributed by atoms with Crippen molar-refractivity contribution in [3.05, 3.63) is 11.9 Å². The highest BCUT2D eigenvalue weighted by Crippen LogP contribution is 2.27. The summed E-state index contributed by atoms with van der Waals surface area (Å²) in [6.07, 6.45) is 9.64. The third-order valence-corrected chi connectivity index (χ3v) is 5.37. The number of piperidine rings is 1. The van der Waals surface area contributed by atoms with Gasteiger partial charge < -0.3 is 15.7 Å². The van der Waals surface area contributed by atoms with E-state index in [0.717, 1.165) is 58.0 Å². The van der Waals surface area contributed by atoms with Crippen LogP contribution < -0.4 is 10.6 Å². The minimum absolute atomic E-state index is 0.0947. The van der Waals surface area contributed by atoms with Gasteiger partial charge in [-0.05, 0) is 57.5 Å². The minimum Gasteiger partial charge on any atom is -0.393 e. The molecular formula is C17H29N5O2. The minimum atomic E-state index is -0.153. The van der Waals surface area contributed by atoms with Crippen LogP contribution in [0.15, 0.2) is 6.20 Å². The second-order valence-electron chi connectivity index (χ2n) is 7.06. The van der Waals surface area contributed by atoms with Gasteiger partial charge in [-0.3, -0.25) is 4.79 Å². The maximum atomic E-state index is 12.4. The molecule has 0 aromatic carbocycles. The molecule has 2 aliphatic rings. The quantitative estimate of drug-likeness (QED) is 0.681. The molecule has 2 fully saturated rings. The predicted octanol–water partition coefficient (Wildman–Crippen LogP) is 1.26. The lowest BCUT2D eigenvalue weighted by Crippen LogP contribution is -2.33. The van der Waals surface area contributed by atoms with Crippen molar-refractivity contribution >= 4 is 5.91 Å². The Kier molecular flexibility index (Phi) is 6.20. The molecule has 1 aromatic heterocycles. The highest BCUT2D eigenvalue weighted by atomic mass is 16.3. The van der Waals surface area contributed by atoms with Gasteiger partial charge in [0, 0.05) is 6.54 Å². The molecular weight excluding hydrogens is 306 g/mol. The van der Waals surface area contributed by atoms with Crippen molar-refractivity contribution < 1.29 is 9.90 Å². The summed E-state index contributed by atoms with van der Waals surface area (Å²) in [5.41, 5.74) is 0.555. The highest BCUT2D eigenvalue weighted by Gasteiger charge is 2.23. The van der Waals surface area contributed by atoms with E-state index in [1.165, 1.54) is 6.42 Å². The van der Waals surface area contributed by atoms with Gasteiger partial charge in [0.15, 0.2) is 0 Å². The smallest absolute Gasteiger partial charge is 0.271 e. The van der Waals surface area contributed by atoms with E-state index in [1.54, 1.807) is 10.9 Å². The maximum absolute atomic E-state index is 12.4. The van der Waals surface area contributed by atoms with Gasteiger partial charge in [-0.15, -0.1) is 5.10 Å². The van der Waals surface area contributed by atoms with Crippen molar-refractivity contribution in [3.8, 4) is 0 Å². The van der Waals surface area contributed by atoms with E-state index < -0.39 is 0 Å². The molecule has 3 rings (SSSR count). The summed E-state index contributed by atoms with van der Waals surface area (Å²) < 4.78 is 1.78. The zero-order chi connectivity index (χ0) is 16.8. The number of hydrogen-bond donors (Lipinski definition) is 3. The molecule has 24 heavy (non-hydrogen) atoms. The Morgan fingerprint density at radius 3 is 2.88 bits per heavy atom. The average Bonchev–Trinajstić information content (AvgIpc) is 3.10. The van der Waals surface area contributed by atoms with E-state index >= 15 is 0 Å². The van der Waals surface area contributed by atoms with Crippen molar-refractivity contribution in [2.45, 2.75) is 63.5 Å². The van der Waals surface area contributed by atoms with Gasteiger partial charge in [0.1, 0.15) is 5.69 Å². The first-order valence-electron chi connectivity index (χ1n) is 9.33. The number of carbonyl (C=O) groups is 1. The Morgan fingerprint density at radius 1 is 1.29 bits per heavy atom. The van der Waals surface area contributed by atoms with Crippen molar-refractivity contribution in [1.82, 2.24) is 25.6 Å². The monoisotopic (exact) mass is 335 g/mol. The molecule has 3 N–H and O–H groups in total. The standard InChI is InChI=1S/C17H29N5O2/c23-16-6-2-1-4-13(16)5-3-9-19-17(24)15-12-20-21-22(15)14-7-10-18-11-8-14/h12-14,16,18,23H,1-11H2,(H,19,24). The van der Waals surface area contributed by atoms with Gasteiger partial charge in [-0.2, -0.15) is 0 Å². The molecule has 1 aromatic rings. The van der Waals surface area contributed by atoms with Gasteiger partial charge in [-0.25, -0.2) is 4.68 Å². The van der Waals surface area contributed by atoms with E-state index in [4.69, 9.17) is 0 Å². The van der Waals surface area contributed by atoms with Crippen LogP contribution in [0.2, 0.25) is 0 Å². The summed E-state index contributed by atoms with van der Waals surface area (Å²) in [4.78, 5) is 12.4. The molecule has 7 heteroatoms. The molecule has 0 bridgehead atoms. The number of aliphatic hydroxyl groups is 1. The Balaban J connectivity index is 1.44. The van der Waals surface area contributed by atoms with Crippen LogP contribution >= 0.6 is 0 Å². The van der Waals surface area contributed by atoms with E-state index in [9.17, 15) is 9.90 Å². The number of amides is 1. The van der Waals surface area contributed by atoms with Crippen LogP contribution in [0.3, 0.4) is 0 Å². The van der Waals surface area contributed by atoms with Crippen LogP contribution in [0.25, 0.3) is 0 Å². The molecule has 1 amide bonds. The van der Waals surface area contributed by atoms with Gasteiger partial charge in [0.2, 0.25) is 0 Å². The number of nitrogens with one attached hydrogen (secondary N) is 2. The Hall–Kier alpha value is -1.47. The van der Waals surface area contributed by atoms with Gasteiger partial charge in [0.25, 0.3) is 5.91 Å². The first-order chi connectivity index (χ1) is 11.8. The normalized spacial score (nSPS) is 25.5. The summed E-state index contributed by atoms with van der Waals surface area (Å²) >= 11 is 0. The number of hydrogen-bond acceptors (Lipinski definition) is 5. The van der Waals surface area contributed by atoms with Crippen molar-refractivity contribution in [3.63, 3.8) is 0 Å². The first-order valence-corrected chi connectivity index (χ1v) is 9.33. The maximum Gasteiger partial charge on any atom is 0.271 e. The lowest BCUT2D eigenvalue weighted by atomic mass is 9.83. The van der Waals surface area contributed by atoms with Crippen molar-refractivity contribution in [2.75, 3.05) is 19.6 Å². The molecule has 1 saturated carbocycles. The molecule has 134 valence electrons. The predicted molar refractivity (Wildman–Crippen MR) is 90.7 cm³/mol. The number of nitrogens with zero attached hydrogens (tertiary/aromatic N) is 3. The fourth-order valence-corrected chi connectivity index (χ4v) is 3.91. The van der Waals surface area contributed by atoms with Gasteiger partial charge in [0.05, 0.1) is 18.3 Å². The average molecular weight is 335 g/mol. The molecule has 1 aliphatic carbocycles. The molecule has 0 spiro atoms. The van der Waals surface area contributed by atoms with E-state index in [-0.39, 0.29) is 18.1 Å². The first kappa shape index (κ1) is 17.4. The Labute approximate surface area is 143 Å². The zero-order valence-electron chi connectivity index (χ0n) is 14.3. The van der Waals surface area contributed by atoms with Crippen LogP contribution in [0.5, 0.6) is 0 Å². The summed E-state index contributed by atoms with van der Waals surface area (Å²) in [5, 5.41) is 24.3.